The summed E-state index contributed by atoms with van der Waals surface area (Å²) in [5.41, 5.74) is 5.56. The van der Waals surface area contributed by atoms with Crippen LogP contribution in [0.1, 0.15) is 43.9 Å². The Morgan fingerprint density at radius 3 is 2.78 bits per heavy atom. The summed E-state index contributed by atoms with van der Waals surface area (Å²) in [7, 11) is 0. The summed E-state index contributed by atoms with van der Waals surface area (Å²) < 4.78 is 5.77. The zero-order valence-electron chi connectivity index (χ0n) is 18.7. The predicted molar refractivity (Wildman–Crippen MR) is 129 cm³/mol. The minimum atomic E-state index is -0.136. The third-order valence-electron chi connectivity index (χ3n) is 5.85. The first-order chi connectivity index (χ1) is 15.4. The SMILES string of the molecule is Cc1ccc(OCCC(=O)Nc2cccc(C(=O)N3CCc4sccc4C3)c2C)c(C)c1. The molecule has 1 aliphatic heterocycles. The minimum absolute atomic E-state index is 0.00799. The third kappa shape index (κ3) is 4.86. The number of aryl methyl sites for hydroxylation is 2. The van der Waals surface area contributed by atoms with Gasteiger partial charge in [-0.3, -0.25) is 9.59 Å². The van der Waals surface area contributed by atoms with Crippen molar-refractivity contribution < 1.29 is 14.3 Å². The van der Waals surface area contributed by atoms with E-state index in [0.29, 0.717) is 24.4 Å². The van der Waals surface area contributed by atoms with Crippen LogP contribution in [0, 0.1) is 20.8 Å². The van der Waals surface area contributed by atoms with E-state index in [0.717, 1.165) is 29.8 Å². The van der Waals surface area contributed by atoms with Gasteiger partial charge < -0.3 is 15.0 Å². The highest BCUT2D eigenvalue weighted by molar-refractivity contribution is 7.10. The van der Waals surface area contributed by atoms with Gasteiger partial charge >= 0.3 is 0 Å². The monoisotopic (exact) mass is 448 g/mol. The van der Waals surface area contributed by atoms with Crippen LogP contribution in [0.5, 0.6) is 5.75 Å². The van der Waals surface area contributed by atoms with Crippen molar-refractivity contribution in [2.24, 2.45) is 0 Å². The maximum atomic E-state index is 13.2. The molecule has 2 amide bonds. The van der Waals surface area contributed by atoms with Crippen LogP contribution in [0.2, 0.25) is 0 Å². The van der Waals surface area contributed by atoms with E-state index >= 15 is 0 Å². The highest BCUT2D eigenvalue weighted by Crippen LogP contribution is 2.27. The Labute approximate surface area is 193 Å². The molecule has 0 fully saturated rings. The molecule has 2 aromatic carbocycles. The van der Waals surface area contributed by atoms with Gasteiger partial charge in [-0.1, -0.05) is 23.8 Å². The van der Waals surface area contributed by atoms with Gasteiger partial charge in [0.1, 0.15) is 5.75 Å². The Balaban J connectivity index is 1.37. The quantitative estimate of drug-likeness (QED) is 0.558. The number of carbonyl (C=O) groups excluding carboxylic acids is 2. The summed E-state index contributed by atoms with van der Waals surface area (Å²) in [6.45, 7) is 7.58. The second kappa shape index (κ2) is 9.57. The van der Waals surface area contributed by atoms with Gasteiger partial charge in [-0.15, -0.1) is 11.3 Å². The maximum Gasteiger partial charge on any atom is 0.254 e. The molecular formula is C26H28N2O3S. The zero-order valence-corrected chi connectivity index (χ0v) is 19.6. The minimum Gasteiger partial charge on any atom is -0.493 e. The van der Waals surface area contributed by atoms with E-state index < -0.39 is 0 Å². The van der Waals surface area contributed by atoms with Crippen molar-refractivity contribution in [3.63, 3.8) is 0 Å². The van der Waals surface area contributed by atoms with Gasteiger partial charge in [0, 0.05) is 29.2 Å². The fraction of sp³-hybridized carbons (Fsp3) is 0.308. The number of nitrogens with one attached hydrogen (secondary N) is 1. The van der Waals surface area contributed by atoms with Crippen LogP contribution in [-0.2, 0) is 17.8 Å². The lowest BCUT2D eigenvalue weighted by Gasteiger charge is -2.28. The molecule has 0 saturated heterocycles. The summed E-state index contributed by atoms with van der Waals surface area (Å²) in [4.78, 5) is 28.9. The third-order valence-corrected chi connectivity index (χ3v) is 6.87. The molecule has 0 aliphatic carbocycles. The van der Waals surface area contributed by atoms with Gasteiger partial charge in [0.2, 0.25) is 5.91 Å². The van der Waals surface area contributed by atoms with Crippen LogP contribution < -0.4 is 10.1 Å². The van der Waals surface area contributed by atoms with Crippen LogP contribution in [0.4, 0.5) is 5.69 Å². The molecule has 2 heterocycles. The van der Waals surface area contributed by atoms with Crippen LogP contribution in [0.3, 0.4) is 0 Å². The van der Waals surface area contributed by atoms with Crippen molar-refractivity contribution >= 4 is 28.8 Å². The molecule has 0 unspecified atom stereocenters. The fourth-order valence-electron chi connectivity index (χ4n) is 4.02. The standard InChI is InChI=1S/C26H28N2O3S/c1-17-7-8-23(18(2)15-17)31-13-10-25(29)27-22-6-4-5-21(19(22)3)26(30)28-12-9-24-20(16-28)11-14-32-24/h4-8,11,14-15H,9-10,12-13,16H2,1-3H3,(H,27,29). The van der Waals surface area contributed by atoms with Crippen molar-refractivity contribution in [2.45, 2.75) is 40.2 Å². The zero-order chi connectivity index (χ0) is 22.7. The number of nitrogens with zero attached hydrogens (tertiary/aromatic N) is 1. The Morgan fingerprint density at radius 1 is 1.12 bits per heavy atom. The molecule has 0 radical (unpaired) electrons. The second-order valence-electron chi connectivity index (χ2n) is 8.24. The molecule has 0 atom stereocenters. The lowest BCUT2D eigenvalue weighted by atomic mass is 10.0. The van der Waals surface area contributed by atoms with Gasteiger partial charge in [0.05, 0.1) is 13.0 Å². The summed E-state index contributed by atoms with van der Waals surface area (Å²) in [5.74, 6) is 0.666. The number of benzene rings is 2. The molecule has 0 spiro atoms. The number of ether oxygens (including phenoxy) is 1. The van der Waals surface area contributed by atoms with Gasteiger partial charge in [0.15, 0.2) is 0 Å². The highest BCUT2D eigenvalue weighted by Gasteiger charge is 2.24. The Morgan fingerprint density at radius 2 is 1.97 bits per heavy atom. The van der Waals surface area contributed by atoms with E-state index in [1.165, 1.54) is 16.0 Å². The Kier molecular flexibility index (Phi) is 6.61. The number of hydrogen-bond donors (Lipinski definition) is 1. The molecule has 1 aliphatic rings. The average molecular weight is 449 g/mol. The van der Waals surface area contributed by atoms with E-state index in [-0.39, 0.29) is 18.2 Å². The van der Waals surface area contributed by atoms with Crippen molar-refractivity contribution in [1.29, 1.82) is 0 Å². The van der Waals surface area contributed by atoms with Crippen LogP contribution in [-0.4, -0.2) is 29.9 Å². The predicted octanol–water partition coefficient (Wildman–Crippen LogP) is 5.28. The van der Waals surface area contributed by atoms with Crippen molar-refractivity contribution in [1.82, 2.24) is 4.90 Å². The summed E-state index contributed by atoms with van der Waals surface area (Å²) in [6.07, 6.45) is 1.13. The van der Waals surface area contributed by atoms with Gasteiger partial charge in [-0.25, -0.2) is 0 Å². The molecular weight excluding hydrogens is 420 g/mol. The van der Waals surface area contributed by atoms with Crippen LogP contribution in [0.25, 0.3) is 0 Å². The van der Waals surface area contributed by atoms with Crippen molar-refractivity contribution in [2.75, 3.05) is 18.5 Å². The molecule has 3 aromatic rings. The Bertz CT molecular complexity index is 1150. The summed E-state index contributed by atoms with van der Waals surface area (Å²) in [5, 5.41) is 5.03. The summed E-state index contributed by atoms with van der Waals surface area (Å²) >= 11 is 1.76. The molecule has 0 saturated carbocycles. The molecule has 1 N–H and O–H groups in total. The first-order valence-corrected chi connectivity index (χ1v) is 11.7. The number of fused-ring (bicyclic) bond motifs is 1. The van der Waals surface area contributed by atoms with E-state index in [1.54, 1.807) is 11.3 Å². The first-order valence-electron chi connectivity index (χ1n) is 10.9. The van der Waals surface area contributed by atoms with Crippen LogP contribution in [0.15, 0.2) is 47.8 Å². The number of anilines is 1. The normalized spacial score (nSPS) is 12.9. The molecule has 6 heteroatoms. The molecule has 1 aromatic heterocycles. The van der Waals surface area contributed by atoms with E-state index in [2.05, 4.69) is 22.8 Å². The largest absolute Gasteiger partial charge is 0.493 e. The lowest BCUT2D eigenvalue weighted by molar-refractivity contribution is -0.116. The number of carbonyl (C=O) groups is 2. The highest BCUT2D eigenvalue weighted by atomic mass is 32.1. The van der Waals surface area contributed by atoms with E-state index in [4.69, 9.17) is 4.74 Å². The van der Waals surface area contributed by atoms with E-state index in [9.17, 15) is 9.59 Å². The number of thiophene rings is 1. The molecule has 166 valence electrons. The van der Waals surface area contributed by atoms with Crippen LogP contribution >= 0.6 is 11.3 Å². The van der Waals surface area contributed by atoms with Gasteiger partial charge in [-0.05, 0) is 73.5 Å². The summed E-state index contributed by atoms with van der Waals surface area (Å²) in [6, 6.07) is 13.6. The first kappa shape index (κ1) is 22.1. The molecule has 0 bridgehead atoms. The molecule has 32 heavy (non-hydrogen) atoms. The van der Waals surface area contributed by atoms with Crippen molar-refractivity contribution in [3.8, 4) is 5.75 Å². The van der Waals surface area contributed by atoms with Crippen molar-refractivity contribution in [3.05, 3.63) is 80.5 Å². The lowest BCUT2D eigenvalue weighted by Crippen LogP contribution is -2.35. The molecule has 5 nitrogen and oxygen atoms in total. The second-order valence-corrected chi connectivity index (χ2v) is 9.24. The van der Waals surface area contributed by atoms with Gasteiger partial charge in [-0.2, -0.15) is 0 Å². The van der Waals surface area contributed by atoms with E-state index in [1.807, 2.05) is 56.0 Å². The Hall–Kier alpha value is -3.12. The smallest absolute Gasteiger partial charge is 0.254 e. The fourth-order valence-corrected chi connectivity index (χ4v) is 4.91. The molecule has 4 rings (SSSR count). The number of amides is 2. The maximum absolute atomic E-state index is 13.2. The average Bonchev–Trinajstić information content (AvgIpc) is 3.24. The number of hydrogen-bond acceptors (Lipinski definition) is 4. The topological polar surface area (TPSA) is 58.6 Å². The number of rotatable bonds is 6. The van der Waals surface area contributed by atoms with Gasteiger partial charge in [0.25, 0.3) is 5.91 Å².